The molecular weight excluding hydrogens is 278 g/mol. The zero-order chi connectivity index (χ0) is 14.8. The molecule has 0 radical (unpaired) electrons. The quantitative estimate of drug-likeness (QED) is 0.900. The van der Waals surface area contributed by atoms with Crippen molar-refractivity contribution in [1.82, 2.24) is 4.90 Å². The molecule has 1 unspecified atom stereocenters. The molecule has 1 aliphatic heterocycles. The number of aryl methyl sites for hydroxylation is 1. The molecule has 1 atom stereocenters. The molecule has 2 rings (SSSR count). The topological polar surface area (TPSA) is 74.7 Å². The van der Waals surface area contributed by atoms with E-state index in [9.17, 15) is 13.2 Å². The molecule has 0 amide bonds. The Hall–Kier alpha value is -1.40. The molecular formula is C14H19NO4S. The molecule has 0 aliphatic carbocycles. The summed E-state index contributed by atoms with van der Waals surface area (Å²) in [5, 5.41) is 8.93. The van der Waals surface area contributed by atoms with Crippen LogP contribution in [-0.2, 0) is 21.2 Å². The standard InChI is InChI=1S/C14H19NO4S/c1-11-2-4-12(5-3-11)9-15-6-7-20(18,19)10-13(15)8-14(16)17/h2-5,13H,6-10H2,1H3,(H,16,17). The normalized spacial score (nSPS) is 22.6. The fourth-order valence-electron chi connectivity index (χ4n) is 2.45. The predicted molar refractivity (Wildman–Crippen MR) is 76.3 cm³/mol. The van der Waals surface area contributed by atoms with E-state index in [0.29, 0.717) is 13.1 Å². The fraction of sp³-hybridized carbons (Fsp3) is 0.500. The predicted octanol–water partition coefficient (Wildman–Crippen LogP) is 1.07. The highest BCUT2D eigenvalue weighted by Gasteiger charge is 2.32. The van der Waals surface area contributed by atoms with E-state index < -0.39 is 21.8 Å². The Morgan fingerprint density at radius 2 is 2.00 bits per heavy atom. The highest BCUT2D eigenvalue weighted by Crippen LogP contribution is 2.18. The highest BCUT2D eigenvalue weighted by molar-refractivity contribution is 7.91. The van der Waals surface area contributed by atoms with Crippen molar-refractivity contribution in [2.24, 2.45) is 0 Å². The third kappa shape index (κ3) is 4.05. The smallest absolute Gasteiger partial charge is 0.304 e. The van der Waals surface area contributed by atoms with Gasteiger partial charge in [0.05, 0.1) is 17.9 Å². The van der Waals surface area contributed by atoms with Crippen molar-refractivity contribution in [1.29, 1.82) is 0 Å². The van der Waals surface area contributed by atoms with Crippen LogP contribution in [0.3, 0.4) is 0 Å². The Labute approximate surface area is 119 Å². The van der Waals surface area contributed by atoms with Crippen LogP contribution in [0.25, 0.3) is 0 Å². The summed E-state index contributed by atoms with van der Waals surface area (Å²) in [6, 6.07) is 7.56. The van der Waals surface area contributed by atoms with Crippen LogP contribution < -0.4 is 0 Å². The molecule has 6 heteroatoms. The maximum atomic E-state index is 11.7. The molecule has 1 aliphatic rings. The molecule has 0 aromatic heterocycles. The Balaban J connectivity index is 2.11. The van der Waals surface area contributed by atoms with Crippen LogP contribution in [0.15, 0.2) is 24.3 Å². The first-order valence-corrected chi connectivity index (χ1v) is 8.40. The van der Waals surface area contributed by atoms with E-state index in [1.54, 1.807) is 0 Å². The minimum absolute atomic E-state index is 0.0643. The number of carboxylic acids is 1. The van der Waals surface area contributed by atoms with Gasteiger partial charge in [0.2, 0.25) is 0 Å². The highest BCUT2D eigenvalue weighted by atomic mass is 32.2. The molecule has 0 bridgehead atoms. The van der Waals surface area contributed by atoms with Crippen LogP contribution in [0.4, 0.5) is 0 Å². The van der Waals surface area contributed by atoms with Crippen LogP contribution in [0.5, 0.6) is 0 Å². The number of hydrogen-bond acceptors (Lipinski definition) is 4. The number of sulfone groups is 1. The van der Waals surface area contributed by atoms with Gasteiger partial charge >= 0.3 is 5.97 Å². The Morgan fingerprint density at radius 1 is 1.35 bits per heavy atom. The minimum atomic E-state index is -3.11. The van der Waals surface area contributed by atoms with E-state index >= 15 is 0 Å². The first-order chi connectivity index (χ1) is 9.35. The molecule has 110 valence electrons. The Kier molecular flexibility index (Phi) is 4.45. The average Bonchev–Trinajstić information content (AvgIpc) is 2.34. The monoisotopic (exact) mass is 297 g/mol. The molecule has 1 N–H and O–H groups in total. The van der Waals surface area contributed by atoms with Crippen LogP contribution in [0, 0.1) is 6.92 Å². The second-order valence-corrected chi connectivity index (χ2v) is 7.55. The van der Waals surface area contributed by atoms with Gasteiger partial charge in [-0.2, -0.15) is 0 Å². The zero-order valence-corrected chi connectivity index (χ0v) is 12.3. The van der Waals surface area contributed by atoms with Gasteiger partial charge in [-0.3, -0.25) is 9.69 Å². The Bertz CT molecular complexity index is 580. The maximum Gasteiger partial charge on any atom is 0.304 e. The van der Waals surface area contributed by atoms with Gasteiger partial charge in [-0.15, -0.1) is 0 Å². The number of carboxylic acid groups (broad SMARTS) is 1. The van der Waals surface area contributed by atoms with Gasteiger partial charge < -0.3 is 5.11 Å². The van der Waals surface area contributed by atoms with Crippen LogP contribution >= 0.6 is 0 Å². The van der Waals surface area contributed by atoms with Crippen molar-refractivity contribution >= 4 is 15.8 Å². The molecule has 20 heavy (non-hydrogen) atoms. The van der Waals surface area contributed by atoms with Crippen molar-refractivity contribution in [3.63, 3.8) is 0 Å². The SMILES string of the molecule is Cc1ccc(CN2CCS(=O)(=O)CC2CC(=O)O)cc1. The number of hydrogen-bond donors (Lipinski definition) is 1. The van der Waals surface area contributed by atoms with Gasteiger partial charge in [0.25, 0.3) is 0 Å². The van der Waals surface area contributed by atoms with Gasteiger partial charge in [0.1, 0.15) is 0 Å². The van der Waals surface area contributed by atoms with Crippen molar-refractivity contribution in [2.45, 2.75) is 25.9 Å². The molecule has 5 nitrogen and oxygen atoms in total. The number of nitrogens with zero attached hydrogens (tertiary/aromatic N) is 1. The fourth-order valence-corrected chi connectivity index (χ4v) is 4.04. The largest absolute Gasteiger partial charge is 0.481 e. The summed E-state index contributed by atoms with van der Waals surface area (Å²) in [4.78, 5) is 12.9. The molecule has 1 heterocycles. The van der Waals surface area contributed by atoms with Gasteiger partial charge in [0.15, 0.2) is 9.84 Å². The number of benzene rings is 1. The van der Waals surface area contributed by atoms with Crippen LogP contribution in [-0.4, -0.2) is 48.5 Å². The summed E-state index contributed by atoms with van der Waals surface area (Å²) in [5.41, 5.74) is 2.24. The van der Waals surface area contributed by atoms with Crippen LogP contribution in [0.1, 0.15) is 17.5 Å². The zero-order valence-electron chi connectivity index (χ0n) is 11.4. The van der Waals surface area contributed by atoms with E-state index in [1.165, 1.54) is 0 Å². The van der Waals surface area contributed by atoms with Gasteiger partial charge in [-0.1, -0.05) is 29.8 Å². The van der Waals surface area contributed by atoms with E-state index in [1.807, 2.05) is 36.1 Å². The van der Waals surface area contributed by atoms with E-state index in [4.69, 9.17) is 5.11 Å². The summed E-state index contributed by atoms with van der Waals surface area (Å²) in [6.07, 6.45) is -0.134. The number of carbonyl (C=O) groups is 1. The summed E-state index contributed by atoms with van der Waals surface area (Å²) in [6.45, 7) is 2.99. The van der Waals surface area contributed by atoms with Crippen molar-refractivity contribution in [3.05, 3.63) is 35.4 Å². The lowest BCUT2D eigenvalue weighted by molar-refractivity contribution is -0.138. The lowest BCUT2D eigenvalue weighted by atomic mass is 10.1. The summed E-state index contributed by atoms with van der Waals surface area (Å²) in [7, 11) is -3.11. The molecule has 1 saturated heterocycles. The lowest BCUT2D eigenvalue weighted by Crippen LogP contribution is -2.48. The molecule has 0 saturated carbocycles. The third-order valence-electron chi connectivity index (χ3n) is 3.57. The van der Waals surface area contributed by atoms with E-state index in [2.05, 4.69) is 0 Å². The first-order valence-electron chi connectivity index (χ1n) is 6.57. The van der Waals surface area contributed by atoms with Crippen molar-refractivity contribution < 1.29 is 18.3 Å². The minimum Gasteiger partial charge on any atom is -0.481 e. The lowest BCUT2D eigenvalue weighted by Gasteiger charge is -2.34. The van der Waals surface area contributed by atoms with Crippen molar-refractivity contribution in [2.75, 3.05) is 18.1 Å². The first kappa shape index (κ1) is 15.0. The Morgan fingerprint density at radius 3 is 2.60 bits per heavy atom. The van der Waals surface area contributed by atoms with E-state index in [-0.39, 0.29) is 17.9 Å². The average molecular weight is 297 g/mol. The number of rotatable bonds is 4. The van der Waals surface area contributed by atoms with E-state index in [0.717, 1.165) is 11.1 Å². The molecule has 1 aromatic carbocycles. The second kappa shape index (κ2) is 5.93. The molecule has 0 spiro atoms. The molecule has 1 fully saturated rings. The molecule has 1 aromatic rings. The van der Waals surface area contributed by atoms with Gasteiger partial charge in [0, 0.05) is 19.1 Å². The van der Waals surface area contributed by atoms with Crippen molar-refractivity contribution in [3.8, 4) is 0 Å². The van der Waals surface area contributed by atoms with Gasteiger partial charge in [-0.05, 0) is 12.5 Å². The van der Waals surface area contributed by atoms with Gasteiger partial charge in [-0.25, -0.2) is 8.42 Å². The summed E-state index contributed by atoms with van der Waals surface area (Å²) in [5.74, 6) is -0.916. The summed E-state index contributed by atoms with van der Waals surface area (Å²) >= 11 is 0. The second-order valence-electron chi connectivity index (χ2n) is 5.32. The summed E-state index contributed by atoms with van der Waals surface area (Å²) < 4.78 is 23.3. The number of aliphatic carboxylic acids is 1. The van der Waals surface area contributed by atoms with Crippen LogP contribution in [0.2, 0.25) is 0 Å². The third-order valence-corrected chi connectivity index (χ3v) is 5.27. The maximum absolute atomic E-state index is 11.7.